The van der Waals surface area contributed by atoms with Crippen LogP contribution in [0.5, 0.6) is 11.5 Å². The minimum Gasteiger partial charge on any atom is -0.493 e. The second-order valence-electron chi connectivity index (χ2n) is 5.69. The Morgan fingerprint density at radius 3 is 2.54 bits per heavy atom. The van der Waals surface area contributed by atoms with Crippen LogP contribution in [0.25, 0.3) is 10.9 Å². The maximum atomic E-state index is 12.9. The van der Waals surface area contributed by atoms with Gasteiger partial charge in [-0.15, -0.1) is 5.10 Å². The molecule has 9 nitrogen and oxygen atoms in total. The van der Waals surface area contributed by atoms with Gasteiger partial charge in [0.1, 0.15) is 5.69 Å². The summed E-state index contributed by atoms with van der Waals surface area (Å²) in [6, 6.07) is 13.4. The second-order valence-corrected chi connectivity index (χ2v) is 6.77. The number of fused-ring (bicyclic) bond motifs is 1. The lowest BCUT2D eigenvalue weighted by atomic mass is 10.2. The molecule has 1 amide bonds. The molecule has 0 unspecified atom stereocenters. The van der Waals surface area contributed by atoms with Crippen molar-refractivity contribution < 1.29 is 14.3 Å². The monoisotopic (exact) mass is 396 g/mol. The van der Waals surface area contributed by atoms with E-state index in [-0.39, 0.29) is 11.9 Å². The number of carbonyl (C=O) groups excluding carboxylic acids is 1. The molecule has 0 aliphatic heterocycles. The van der Waals surface area contributed by atoms with Crippen LogP contribution in [0.3, 0.4) is 0 Å². The minimum absolute atomic E-state index is 0.0921. The molecule has 0 radical (unpaired) electrons. The van der Waals surface area contributed by atoms with Gasteiger partial charge in [-0.2, -0.15) is 5.21 Å². The molecule has 0 atom stereocenters. The fraction of sp³-hybridized carbons (Fsp3) is 0.111. The van der Waals surface area contributed by atoms with Crippen molar-refractivity contribution in [2.75, 3.05) is 19.5 Å². The van der Waals surface area contributed by atoms with E-state index in [9.17, 15) is 4.79 Å². The summed E-state index contributed by atoms with van der Waals surface area (Å²) in [6.07, 6.45) is 0. The molecule has 3 N–H and O–H groups in total. The van der Waals surface area contributed by atoms with Crippen LogP contribution < -0.4 is 14.8 Å². The van der Waals surface area contributed by atoms with Gasteiger partial charge in [0.05, 0.1) is 24.6 Å². The third-order valence-electron chi connectivity index (χ3n) is 4.02. The Morgan fingerprint density at radius 2 is 1.86 bits per heavy atom. The maximum Gasteiger partial charge on any atom is 0.275 e. The molecule has 142 valence electrons. The first-order chi connectivity index (χ1) is 13.7. The van der Waals surface area contributed by atoms with E-state index in [0.29, 0.717) is 17.2 Å². The molecular formula is C18H16N6O3S. The first kappa shape index (κ1) is 17.9. The van der Waals surface area contributed by atoms with Gasteiger partial charge in [0.15, 0.2) is 11.5 Å². The van der Waals surface area contributed by atoms with Gasteiger partial charge >= 0.3 is 0 Å². The van der Waals surface area contributed by atoms with Crippen molar-refractivity contribution in [2.24, 2.45) is 0 Å². The highest BCUT2D eigenvalue weighted by Crippen LogP contribution is 2.41. The fourth-order valence-electron chi connectivity index (χ4n) is 2.75. The summed E-state index contributed by atoms with van der Waals surface area (Å²) < 4.78 is 10.8. The summed E-state index contributed by atoms with van der Waals surface area (Å²) in [7, 11) is 3.14. The number of amides is 1. The SMILES string of the molecule is COc1cc2[nH]c(C(=O)Nc3nn[nH]n3)c(Sc3ccccc3)c2cc1OC. The predicted octanol–water partition coefficient (Wildman–Crippen LogP) is 3.10. The van der Waals surface area contributed by atoms with Crippen LogP contribution in [0.15, 0.2) is 52.3 Å². The predicted molar refractivity (Wildman–Crippen MR) is 104 cm³/mol. The van der Waals surface area contributed by atoms with Crippen molar-refractivity contribution in [3.8, 4) is 11.5 Å². The van der Waals surface area contributed by atoms with Crippen LogP contribution in [0.2, 0.25) is 0 Å². The molecule has 0 saturated heterocycles. The van der Waals surface area contributed by atoms with Crippen LogP contribution in [-0.2, 0) is 0 Å². The number of H-pyrrole nitrogens is 2. The largest absolute Gasteiger partial charge is 0.493 e. The number of aromatic amines is 2. The molecule has 0 bridgehead atoms. The average molecular weight is 396 g/mol. The zero-order valence-electron chi connectivity index (χ0n) is 15.0. The molecule has 10 heteroatoms. The van der Waals surface area contributed by atoms with E-state index in [1.54, 1.807) is 20.3 Å². The number of tetrazole rings is 1. The highest BCUT2D eigenvalue weighted by molar-refractivity contribution is 7.99. The van der Waals surface area contributed by atoms with Gasteiger partial charge in [0.25, 0.3) is 11.9 Å². The molecule has 2 aromatic heterocycles. The summed E-state index contributed by atoms with van der Waals surface area (Å²) in [5.74, 6) is 0.857. The molecule has 2 aromatic carbocycles. The Labute approximate surface area is 163 Å². The molecule has 0 aliphatic rings. The number of aromatic nitrogens is 5. The number of nitrogens with one attached hydrogen (secondary N) is 3. The average Bonchev–Trinajstić information content (AvgIpc) is 3.35. The summed E-state index contributed by atoms with van der Waals surface area (Å²) >= 11 is 1.47. The number of anilines is 1. The molecule has 28 heavy (non-hydrogen) atoms. The lowest BCUT2D eigenvalue weighted by Crippen LogP contribution is -2.14. The van der Waals surface area contributed by atoms with E-state index < -0.39 is 0 Å². The Bertz CT molecular complexity index is 1110. The Balaban J connectivity index is 1.84. The number of rotatable bonds is 6. The number of hydrogen-bond donors (Lipinski definition) is 3. The number of benzene rings is 2. The first-order valence-electron chi connectivity index (χ1n) is 8.25. The molecule has 2 heterocycles. The van der Waals surface area contributed by atoms with E-state index in [1.807, 2.05) is 36.4 Å². The smallest absolute Gasteiger partial charge is 0.275 e. The van der Waals surface area contributed by atoms with Crippen molar-refractivity contribution in [3.05, 3.63) is 48.2 Å². The fourth-order valence-corrected chi connectivity index (χ4v) is 3.80. The van der Waals surface area contributed by atoms with Crippen LogP contribution in [-0.4, -0.2) is 45.7 Å². The summed E-state index contributed by atoms with van der Waals surface area (Å²) in [6.45, 7) is 0. The zero-order valence-corrected chi connectivity index (χ0v) is 15.8. The van der Waals surface area contributed by atoms with Crippen molar-refractivity contribution in [1.82, 2.24) is 25.6 Å². The number of nitrogens with zero attached hydrogens (tertiary/aromatic N) is 3. The van der Waals surface area contributed by atoms with Gasteiger partial charge in [-0.05, 0) is 23.4 Å². The van der Waals surface area contributed by atoms with Crippen molar-refractivity contribution >= 4 is 34.5 Å². The van der Waals surface area contributed by atoms with Crippen LogP contribution in [0, 0.1) is 0 Å². The first-order valence-corrected chi connectivity index (χ1v) is 9.06. The quantitative estimate of drug-likeness (QED) is 0.458. The molecule has 0 spiro atoms. The van der Waals surface area contributed by atoms with Crippen LogP contribution in [0.4, 0.5) is 5.95 Å². The maximum absolute atomic E-state index is 12.9. The zero-order chi connectivity index (χ0) is 19.5. The lowest BCUT2D eigenvalue weighted by Gasteiger charge is -2.08. The van der Waals surface area contributed by atoms with Crippen LogP contribution >= 0.6 is 11.8 Å². The number of methoxy groups -OCH3 is 2. The minimum atomic E-state index is -0.381. The Hall–Kier alpha value is -3.53. The van der Waals surface area contributed by atoms with Crippen LogP contribution in [0.1, 0.15) is 10.5 Å². The number of carbonyl (C=O) groups is 1. The van der Waals surface area contributed by atoms with E-state index in [2.05, 4.69) is 30.9 Å². The van der Waals surface area contributed by atoms with Crippen molar-refractivity contribution in [3.63, 3.8) is 0 Å². The molecule has 0 saturated carbocycles. The topological polar surface area (TPSA) is 118 Å². The summed E-state index contributed by atoms with van der Waals surface area (Å²) in [4.78, 5) is 17.8. The van der Waals surface area contributed by atoms with Gasteiger partial charge in [0.2, 0.25) is 0 Å². The van der Waals surface area contributed by atoms with Gasteiger partial charge in [-0.1, -0.05) is 35.1 Å². The molecule has 4 aromatic rings. The standard InChI is InChI=1S/C18H16N6O3S/c1-26-13-8-11-12(9-14(13)27-2)19-15(17(25)20-18-21-23-24-22-18)16(11)28-10-6-4-3-5-7-10/h3-9,19H,1-2H3,(H2,20,21,22,23,24,25). The van der Waals surface area contributed by atoms with Crippen molar-refractivity contribution in [2.45, 2.75) is 9.79 Å². The number of hydrogen-bond acceptors (Lipinski definition) is 7. The Morgan fingerprint density at radius 1 is 1.11 bits per heavy atom. The lowest BCUT2D eigenvalue weighted by molar-refractivity contribution is 0.101. The van der Waals surface area contributed by atoms with Gasteiger partial charge in [-0.25, -0.2) is 0 Å². The second kappa shape index (κ2) is 7.61. The van der Waals surface area contributed by atoms with E-state index in [1.165, 1.54) is 11.8 Å². The van der Waals surface area contributed by atoms with E-state index >= 15 is 0 Å². The molecule has 0 fully saturated rings. The highest BCUT2D eigenvalue weighted by Gasteiger charge is 2.22. The third-order valence-corrected chi connectivity index (χ3v) is 5.15. The van der Waals surface area contributed by atoms with E-state index in [0.717, 1.165) is 20.7 Å². The summed E-state index contributed by atoms with van der Waals surface area (Å²) in [5.41, 5.74) is 1.12. The van der Waals surface area contributed by atoms with E-state index in [4.69, 9.17) is 9.47 Å². The summed E-state index contributed by atoms with van der Waals surface area (Å²) in [5, 5.41) is 16.7. The Kier molecular flexibility index (Phi) is 4.85. The van der Waals surface area contributed by atoms with Gasteiger partial charge in [-0.3, -0.25) is 10.1 Å². The normalized spacial score (nSPS) is 10.8. The van der Waals surface area contributed by atoms with Gasteiger partial charge in [0, 0.05) is 16.3 Å². The number of ether oxygens (including phenoxy) is 2. The molecule has 4 rings (SSSR count). The highest BCUT2D eigenvalue weighted by atomic mass is 32.2. The molecular weight excluding hydrogens is 380 g/mol. The third kappa shape index (κ3) is 3.37. The molecule has 0 aliphatic carbocycles. The van der Waals surface area contributed by atoms with Crippen molar-refractivity contribution in [1.29, 1.82) is 0 Å². The van der Waals surface area contributed by atoms with Gasteiger partial charge < -0.3 is 14.5 Å².